The van der Waals surface area contributed by atoms with Gasteiger partial charge in [0.05, 0.1) is 11.0 Å². The highest BCUT2D eigenvalue weighted by atomic mass is 79.9. The number of imidazole rings is 1. The molecule has 1 aliphatic rings. The number of nitrogens with zero attached hydrogens (tertiary/aromatic N) is 3. The number of halogens is 1. The first-order valence-corrected chi connectivity index (χ1v) is 11.0. The first-order valence-electron chi connectivity index (χ1n) is 8.71. The van der Waals surface area contributed by atoms with Crippen molar-refractivity contribution in [2.45, 2.75) is 36.5 Å². The van der Waals surface area contributed by atoms with Gasteiger partial charge in [0, 0.05) is 36.2 Å². The summed E-state index contributed by atoms with van der Waals surface area (Å²) in [6.07, 6.45) is 4.57. The van der Waals surface area contributed by atoms with Gasteiger partial charge >= 0.3 is 5.69 Å². The van der Waals surface area contributed by atoms with E-state index in [9.17, 15) is 13.2 Å². The first kappa shape index (κ1) is 18.3. The average molecular weight is 454 g/mol. The van der Waals surface area contributed by atoms with E-state index in [0.29, 0.717) is 21.4 Å². The van der Waals surface area contributed by atoms with Gasteiger partial charge in [-0.2, -0.15) is 5.10 Å². The number of H-pyrrole nitrogens is 1. The summed E-state index contributed by atoms with van der Waals surface area (Å²) in [6, 6.07) is 4.89. The molecule has 0 bridgehead atoms. The highest BCUT2D eigenvalue weighted by Gasteiger charge is 2.24. The quantitative estimate of drug-likeness (QED) is 0.633. The van der Waals surface area contributed by atoms with Crippen LogP contribution >= 0.6 is 15.9 Å². The molecule has 2 heterocycles. The fraction of sp³-hybridized carbons (Fsp3) is 0.412. The third-order valence-corrected chi connectivity index (χ3v) is 7.56. The fourth-order valence-corrected chi connectivity index (χ4v) is 5.78. The van der Waals surface area contributed by atoms with Crippen molar-refractivity contribution in [2.75, 3.05) is 4.72 Å². The van der Waals surface area contributed by atoms with E-state index in [1.807, 2.05) is 0 Å². The topological polar surface area (TPSA) is 102 Å². The summed E-state index contributed by atoms with van der Waals surface area (Å²) < 4.78 is 31.6. The van der Waals surface area contributed by atoms with Crippen LogP contribution in [0.3, 0.4) is 0 Å². The Morgan fingerprint density at radius 2 is 1.78 bits per heavy atom. The summed E-state index contributed by atoms with van der Waals surface area (Å²) in [6.45, 7) is 0. The van der Waals surface area contributed by atoms with Crippen LogP contribution in [0.4, 0.5) is 5.82 Å². The second-order valence-electron chi connectivity index (χ2n) is 6.97. The lowest BCUT2D eigenvalue weighted by atomic mass is 10.1. The number of sulfonamides is 1. The Hall–Kier alpha value is -2.07. The van der Waals surface area contributed by atoms with Crippen LogP contribution < -0.4 is 10.4 Å². The molecule has 8 nitrogen and oxygen atoms in total. The number of aryl methyl sites for hydroxylation is 2. The van der Waals surface area contributed by atoms with Crippen molar-refractivity contribution in [3.8, 4) is 0 Å². The lowest BCUT2D eigenvalue weighted by Crippen LogP contribution is -2.19. The molecule has 2 N–H and O–H groups in total. The molecule has 0 saturated heterocycles. The molecule has 144 valence electrons. The van der Waals surface area contributed by atoms with Gasteiger partial charge in [0.2, 0.25) is 0 Å². The maximum atomic E-state index is 12.9. The smallest absolute Gasteiger partial charge is 0.295 e. The van der Waals surface area contributed by atoms with Crippen LogP contribution in [0.15, 0.2) is 32.4 Å². The molecule has 27 heavy (non-hydrogen) atoms. The number of anilines is 1. The molecule has 0 unspecified atom stereocenters. The van der Waals surface area contributed by atoms with Crippen LogP contribution in [0.1, 0.15) is 37.3 Å². The predicted molar refractivity (Wildman–Crippen MR) is 106 cm³/mol. The lowest BCUT2D eigenvalue weighted by Gasteiger charge is -2.08. The zero-order chi connectivity index (χ0) is 19.3. The molecular weight excluding hydrogens is 434 g/mol. The molecule has 0 aliphatic heterocycles. The standard InChI is InChI=1S/C17H20BrN5O3S/c1-22-13-7-11(18)15(9-14(13)23(2)17(22)24)27(25,26)21-16-8-12(19-20-16)10-5-3-4-6-10/h7-10H,3-6H2,1-2H3,(H2,19,20,21). The van der Waals surface area contributed by atoms with Gasteiger partial charge in [-0.3, -0.25) is 19.0 Å². The van der Waals surface area contributed by atoms with Gasteiger partial charge in [-0.1, -0.05) is 12.8 Å². The van der Waals surface area contributed by atoms with Crippen LogP contribution in [-0.4, -0.2) is 27.7 Å². The fourth-order valence-electron chi connectivity index (χ4n) is 3.73. The van der Waals surface area contributed by atoms with Crippen molar-refractivity contribution in [3.05, 3.63) is 38.9 Å². The minimum atomic E-state index is -3.87. The monoisotopic (exact) mass is 453 g/mol. The molecular formula is C17H20BrN5O3S. The summed E-state index contributed by atoms with van der Waals surface area (Å²) in [5, 5.41) is 7.06. The Morgan fingerprint density at radius 1 is 1.15 bits per heavy atom. The minimum Gasteiger partial charge on any atom is -0.295 e. The van der Waals surface area contributed by atoms with E-state index in [0.717, 1.165) is 18.5 Å². The molecule has 1 aliphatic carbocycles. The van der Waals surface area contributed by atoms with Gasteiger partial charge in [-0.15, -0.1) is 0 Å². The molecule has 4 rings (SSSR count). The highest BCUT2D eigenvalue weighted by molar-refractivity contribution is 9.10. The average Bonchev–Trinajstić information content (AvgIpc) is 3.33. The van der Waals surface area contributed by atoms with Gasteiger partial charge < -0.3 is 0 Å². The van der Waals surface area contributed by atoms with Gasteiger partial charge in [0.25, 0.3) is 10.0 Å². The maximum absolute atomic E-state index is 12.9. The number of hydrogen-bond acceptors (Lipinski definition) is 4. The van der Waals surface area contributed by atoms with Gasteiger partial charge in [0.1, 0.15) is 4.90 Å². The van der Waals surface area contributed by atoms with E-state index < -0.39 is 10.0 Å². The lowest BCUT2D eigenvalue weighted by molar-refractivity contribution is 0.600. The molecule has 1 aromatic carbocycles. The summed E-state index contributed by atoms with van der Waals surface area (Å²) >= 11 is 3.32. The van der Waals surface area contributed by atoms with Crippen molar-refractivity contribution in [1.82, 2.24) is 19.3 Å². The van der Waals surface area contributed by atoms with E-state index >= 15 is 0 Å². The molecule has 2 aromatic heterocycles. The van der Waals surface area contributed by atoms with Crippen LogP contribution in [0.25, 0.3) is 11.0 Å². The molecule has 1 saturated carbocycles. The summed E-state index contributed by atoms with van der Waals surface area (Å²) in [7, 11) is -0.604. The number of fused-ring (bicyclic) bond motifs is 1. The maximum Gasteiger partial charge on any atom is 0.328 e. The molecule has 0 atom stereocenters. The van der Waals surface area contributed by atoms with Crippen molar-refractivity contribution in [2.24, 2.45) is 14.1 Å². The van der Waals surface area contributed by atoms with Gasteiger partial charge in [-0.05, 0) is 40.9 Å². The molecule has 0 amide bonds. The van der Waals surface area contributed by atoms with Crippen LogP contribution in [0, 0.1) is 0 Å². The Labute approximate surface area is 164 Å². The molecule has 0 spiro atoms. The van der Waals surface area contributed by atoms with Crippen molar-refractivity contribution < 1.29 is 8.42 Å². The normalized spacial score (nSPS) is 15.7. The van der Waals surface area contributed by atoms with E-state index in [1.54, 1.807) is 26.2 Å². The minimum absolute atomic E-state index is 0.0571. The van der Waals surface area contributed by atoms with E-state index in [2.05, 4.69) is 30.8 Å². The second-order valence-corrected chi connectivity index (χ2v) is 9.47. The number of aromatic nitrogens is 4. The third-order valence-electron chi connectivity index (χ3n) is 5.25. The molecule has 10 heteroatoms. The number of benzene rings is 1. The van der Waals surface area contributed by atoms with E-state index in [-0.39, 0.29) is 16.4 Å². The van der Waals surface area contributed by atoms with Crippen LogP contribution in [-0.2, 0) is 24.1 Å². The Balaban J connectivity index is 1.70. The van der Waals surface area contributed by atoms with E-state index in [1.165, 1.54) is 28.0 Å². The molecule has 1 fully saturated rings. The molecule has 3 aromatic rings. The zero-order valence-electron chi connectivity index (χ0n) is 15.0. The first-order chi connectivity index (χ1) is 12.8. The summed E-state index contributed by atoms with van der Waals surface area (Å²) in [5.74, 6) is 0.684. The van der Waals surface area contributed by atoms with Crippen molar-refractivity contribution >= 4 is 42.8 Å². The van der Waals surface area contributed by atoms with Crippen LogP contribution in [0.5, 0.6) is 0 Å². The SMILES string of the molecule is Cn1c(=O)n(C)c2cc(S(=O)(=O)Nc3cc(C4CCCC4)[nH]n3)c(Br)cc21. The van der Waals surface area contributed by atoms with Gasteiger partial charge in [0.15, 0.2) is 5.82 Å². The summed E-state index contributed by atoms with van der Waals surface area (Å²) in [5.41, 5.74) is 1.94. The van der Waals surface area contributed by atoms with Crippen molar-refractivity contribution in [1.29, 1.82) is 0 Å². The van der Waals surface area contributed by atoms with Crippen LogP contribution in [0.2, 0.25) is 0 Å². The zero-order valence-corrected chi connectivity index (χ0v) is 17.4. The number of rotatable bonds is 4. The van der Waals surface area contributed by atoms with Crippen molar-refractivity contribution in [3.63, 3.8) is 0 Å². The van der Waals surface area contributed by atoms with Gasteiger partial charge in [-0.25, -0.2) is 13.2 Å². The van der Waals surface area contributed by atoms with E-state index in [4.69, 9.17) is 0 Å². The Morgan fingerprint density at radius 3 is 2.44 bits per heavy atom. The molecule has 0 radical (unpaired) electrons. The number of aromatic amines is 1. The number of nitrogens with one attached hydrogen (secondary N) is 2. The second kappa shape index (κ2) is 6.52. The largest absolute Gasteiger partial charge is 0.328 e. The predicted octanol–water partition coefficient (Wildman–Crippen LogP) is 2.82. The Bertz CT molecular complexity index is 1190. The Kier molecular flexibility index (Phi) is 4.42. The highest BCUT2D eigenvalue weighted by Crippen LogP contribution is 2.34. The third kappa shape index (κ3) is 3.10. The summed E-state index contributed by atoms with van der Waals surface area (Å²) in [4.78, 5) is 12.2. The number of hydrogen-bond donors (Lipinski definition) is 2.